The second-order valence-corrected chi connectivity index (χ2v) is 5.35. The molecule has 2 heterocycles. The van der Waals surface area contributed by atoms with Crippen molar-refractivity contribution < 1.29 is 19.5 Å². The number of para-hydroxylation sites is 1. The van der Waals surface area contributed by atoms with Crippen LogP contribution < -0.4 is 4.90 Å². The van der Waals surface area contributed by atoms with Gasteiger partial charge in [-0.15, -0.1) is 0 Å². The molecule has 1 N–H and O–H groups in total. The molecule has 1 aromatic rings. The van der Waals surface area contributed by atoms with Crippen LogP contribution in [-0.2, 0) is 9.59 Å². The maximum absolute atomic E-state index is 12.7. The minimum absolute atomic E-state index is 0.184. The van der Waals surface area contributed by atoms with Gasteiger partial charge in [0.2, 0.25) is 5.91 Å². The van der Waals surface area contributed by atoms with Gasteiger partial charge in [0.05, 0.1) is 11.3 Å². The second-order valence-electron chi connectivity index (χ2n) is 5.35. The van der Waals surface area contributed by atoms with Gasteiger partial charge in [0.25, 0.3) is 5.91 Å². The van der Waals surface area contributed by atoms with Crippen molar-refractivity contribution >= 4 is 23.5 Å². The molecule has 0 saturated carbocycles. The quantitative estimate of drug-likeness (QED) is 0.884. The number of anilines is 1. The number of fused-ring (bicyclic) bond motifs is 2. The molecule has 0 radical (unpaired) electrons. The van der Waals surface area contributed by atoms with E-state index in [1.165, 1.54) is 4.90 Å². The van der Waals surface area contributed by atoms with Crippen LogP contribution in [0.3, 0.4) is 0 Å². The van der Waals surface area contributed by atoms with E-state index in [1.54, 1.807) is 29.2 Å². The van der Waals surface area contributed by atoms with E-state index < -0.39 is 18.6 Å². The number of rotatable bonds is 2. The summed E-state index contributed by atoms with van der Waals surface area (Å²) in [5.74, 6) is -1.57. The summed E-state index contributed by atoms with van der Waals surface area (Å²) in [5, 5.41) is 9.07. The highest BCUT2D eigenvalue weighted by atomic mass is 16.4. The first-order valence-electron chi connectivity index (χ1n) is 7.03. The first-order valence-corrected chi connectivity index (χ1v) is 7.03. The van der Waals surface area contributed by atoms with Gasteiger partial charge in [-0.25, -0.2) is 0 Å². The molecule has 0 aromatic heterocycles. The third kappa shape index (κ3) is 2.26. The van der Waals surface area contributed by atoms with Crippen molar-refractivity contribution in [2.24, 2.45) is 0 Å². The van der Waals surface area contributed by atoms with Crippen molar-refractivity contribution in [3.63, 3.8) is 0 Å². The highest BCUT2D eigenvalue weighted by Gasteiger charge is 2.40. The van der Waals surface area contributed by atoms with Crippen LogP contribution in [0.1, 0.15) is 29.6 Å². The minimum Gasteiger partial charge on any atom is -0.480 e. The molecule has 6 heteroatoms. The van der Waals surface area contributed by atoms with Gasteiger partial charge in [-0.3, -0.25) is 19.3 Å². The summed E-state index contributed by atoms with van der Waals surface area (Å²) in [6.07, 6.45) is 2.34. The lowest BCUT2D eigenvalue weighted by Crippen LogP contribution is -2.51. The molecule has 2 amide bonds. The highest BCUT2D eigenvalue weighted by molar-refractivity contribution is 6.12. The number of nitrogens with zero attached hydrogens (tertiary/aromatic N) is 2. The van der Waals surface area contributed by atoms with E-state index in [1.807, 2.05) is 0 Å². The van der Waals surface area contributed by atoms with E-state index in [9.17, 15) is 14.4 Å². The van der Waals surface area contributed by atoms with Crippen molar-refractivity contribution in [3.05, 3.63) is 29.8 Å². The van der Waals surface area contributed by atoms with Gasteiger partial charge in [-0.2, -0.15) is 0 Å². The summed E-state index contributed by atoms with van der Waals surface area (Å²) >= 11 is 0. The van der Waals surface area contributed by atoms with Gasteiger partial charge < -0.3 is 10.0 Å². The topological polar surface area (TPSA) is 77.9 Å². The van der Waals surface area contributed by atoms with Crippen molar-refractivity contribution in [1.82, 2.24) is 4.90 Å². The van der Waals surface area contributed by atoms with E-state index in [0.717, 1.165) is 12.8 Å². The number of amides is 2. The Kier molecular flexibility index (Phi) is 3.37. The molecule has 1 aromatic carbocycles. The van der Waals surface area contributed by atoms with Gasteiger partial charge in [-0.1, -0.05) is 12.1 Å². The Morgan fingerprint density at radius 1 is 1.24 bits per heavy atom. The number of piperidine rings is 1. The SMILES string of the molecule is O=C(O)CN1C(=O)C2CCCCN2C(=O)c2ccccc21. The summed E-state index contributed by atoms with van der Waals surface area (Å²) in [6, 6.07) is 6.17. The fourth-order valence-corrected chi connectivity index (χ4v) is 3.07. The normalized spacial score (nSPS) is 21.6. The first kappa shape index (κ1) is 13.6. The fraction of sp³-hybridized carbons (Fsp3) is 0.400. The summed E-state index contributed by atoms with van der Waals surface area (Å²) in [4.78, 5) is 39.2. The Hall–Kier alpha value is -2.37. The largest absolute Gasteiger partial charge is 0.480 e. The lowest BCUT2D eigenvalue weighted by atomic mass is 10.0. The molecule has 1 fully saturated rings. The van der Waals surface area contributed by atoms with Crippen LogP contribution in [0.4, 0.5) is 5.69 Å². The number of benzene rings is 1. The molecule has 1 saturated heterocycles. The molecule has 0 bridgehead atoms. The number of hydrogen-bond acceptors (Lipinski definition) is 3. The van der Waals surface area contributed by atoms with Crippen LogP contribution >= 0.6 is 0 Å². The molecule has 1 unspecified atom stereocenters. The third-order valence-electron chi connectivity index (χ3n) is 4.03. The van der Waals surface area contributed by atoms with Crippen molar-refractivity contribution in [3.8, 4) is 0 Å². The lowest BCUT2D eigenvalue weighted by Gasteiger charge is -2.34. The van der Waals surface area contributed by atoms with Crippen LogP contribution in [0, 0.1) is 0 Å². The predicted molar refractivity (Wildman–Crippen MR) is 75.1 cm³/mol. The lowest BCUT2D eigenvalue weighted by molar-refractivity contribution is -0.137. The molecule has 0 spiro atoms. The third-order valence-corrected chi connectivity index (χ3v) is 4.03. The van der Waals surface area contributed by atoms with Gasteiger partial charge in [-0.05, 0) is 31.4 Å². The van der Waals surface area contributed by atoms with E-state index in [2.05, 4.69) is 0 Å². The molecular weight excluding hydrogens is 272 g/mol. The fourth-order valence-electron chi connectivity index (χ4n) is 3.07. The van der Waals surface area contributed by atoms with Gasteiger partial charge in [0.15, 0.2) is 0 Å². The number of carbonyl (C=O) groups is 3. The van der Waals surface area contributed by atoms with Gasteiger partial charge in [0, 0.05) is 6.54 Å². The summed E-state index contributed by atoms with van der Waals surface area (Å²) in [5.41, 5.74) is 0.792. The molecule has 0 aliphatic carbocycles. The smallest absolute Gasteiger partial charge is 0.323 e. The Bertz CT molecular complexity index is 613. The molecule has 2 aliphatic rings. The number of aliphatic carboxylic acids is 1. The summed E-state index contributed by atoms with van der Waals surface area (Å²) in [6.45, 7) is 0.123. The number of carboxylic acid groups (broad SMARTS) is 1. The maximum atomic E-state index is 12.7. The van der Waals surface area contributed by atoms with Crippen molar-refractivity contribution in [2.45, 2.75) is 25.3 Å². The Balaban J connectivity index is 2.12. The minimum atomic E-state index is -1.09. The van der Waals surface area contributed by atoms with Crippen molar-refractivity contribution in [1.29, 1.82) is 0 Å². The van der Waals surface area contributed by atoms with Crippen LogP contribution in [-0.4, -0.2) is 46.9 Å². The molecular formula is C15H16N2O4. The van der Waals surface area contributed by atoms with Crippen LogP contribution in [0.2, 0.25) is 0 Å². The van der Waals surface area contributed by atoms with Crippen LogP contribution in [0.15, 0.2) is 24.3 Å². The van der Waals surface area contributed by atoms with E-state index >= 15 is 0 Å². The Morgan fingerprint density at radius 3 is 2.76 bits per heavy atom. The zero-order chi connectivity index (χ0) is 15.0. The Morgan fingerprint density at radius 2 is 2.00 bits per heavy atom. The number of carbonyl (C=O) groups excluding carboxylic acids is 2. The number of hydrogen-bond donors (Lipinski definition) is 1. The first-order chi connectivity index (χ1) is 10.1. The number of carboxylic acids is 1. The summed E-state index contributed by atoms with van der Waals surface area (Å²) < 4.78 is 0. The average Bonchev–Trinajstić information content (AvgIpc) is 2.58. The highest BCUT2D eigenvalue weighted by Crippen LogP contribution is 2.31. The molecule has 3 rings (SSSR count). The zero-order valence-electron chi connectivity index (χ0n) is 11.5. The molecule has 6 nitrogen and oxygen atoms in total. The molecule has 110 valence electrons. The second kappa shape index (κ2) is 5.20. The maximum Gasteiger partial charge on any atom is 0.323 e. The van der Waals surface area contributed by atoms with Crippen molar-refractivity contribution in [2.75, 3.05) is 18.0 Å². The van der Waals surface area contributed by atoms with Crippen LogP contribution in [0.25, 0.3) is 0 Å². The average molecular weight is 288 g/mol. The van der Waals surface area contributed by atoms with Crippen LogP contribution in [0.5, 0.6) is 0 Å². The zero-order valence-corrected chi connectivity index (χ0v) is 11.5. The predicted octanol–water partition coefficient (Wildman–Crippen LogP) is 1.11. The van der Waals surface area contributed by atoms with E-state index in [-0.39, 0.29) is 11.8 Å². The van der Waals surface area contributed by atoms with Gasteiger partial charge in [0.1, 0.15) is 12.6 Å². The molecule has 1 atom stereocenters. The van der Waals surface area contributed by atoms with E-state index in [4.69, 9.17) is 5.11 Å². The molecule has 21 heavy (non-hydrogen) atoms. The molecule has 2 aliphatic heterocycles. The van der Waals surface area contributed by atoms with Gasteiger partial charge >= 0.3 is 5.97 Å². The monoisotopic (exact) mass is 288 g/mol. The Labute approximate surface area is 122 Å². The van der Waals surface area contributed by atoms with E-state index in [0.29, 0.717) is 24.2 Å². The summed E-state index contributed by atoms with van der Waals surface area (Å²) in [7, 11) is 0. The standard InChI is InChI=1S/C15H16N2O4/c18-13(19)9-17-11-6-2-1-5-10(11)14(20)16-8-4-3-7-12(16)15(17)21/h1-2,5-6,12H,3-4,7-9H2,(H,18,19).